The molecule has 3 rings (SSSR count). The van der Waals surface area contributed by atoms with Crippen molar-refractivity contribution in [1.29, 1.82) is 0 Å². The zero-order chi connectivity index (χ0) is 16.9. The lowest BCUT2D eigenvalue weighted by atomic mass is 10.0. The number of esters is 1. The number of aliphatic hydroxyl groups is 1. The zero-order valence-electron chi connectivity index (χ0n) is 13.3. The van der Waals surface area contributed by atoms with E-state index >= 15 is 0 Å². The SMILES string of the molecule is COC(=O)C(NC(CO)c1ccccc1)c1ccc2c(c1)OCO2. The highest BCUT2D eigenvalue weighted by Gasteiger charge is 2.27. The Morgan fingerprint density at radius 2 is 1.92 bits per heavy atom. The van der Waals surface area contributed by atoms with E-state index in [4.69, 9.17) is 14.2 Å². The van der Waals surface area contributed by atoms with Crippen LogP contribution in [-0.2, 0) is 9.53 Å². The van der Waals surface area contributed by atoms with Crippen LogP contribution in [0.4, 0.5) is 0 Å². The van der Waals surface area contributed by atoms with Crippen molar-refractivity contribution in [2.45, 2.75) is 12.1 Å². The summed E-state index contributed by atoms with van der Waals surface area (Å²) in [7, 11) is 1.33. The number of benzene rings is 2. The molecule has 0 radical (unpaired) electrons. The van der Waals surface area contributed by atoms with E-state index in [2.05, 4.69) is 5.32 Å². The van der Waals surface area contributed by atoms with E-state index in [9.17, 15) is 9.90 Å². The number of rotatable bonds is 6. The molecule has 0 saturated carbocycles. The van der Waals surface area contributed by atoms with Gasteiger partial charge in [0.1, 0.15) is 6.04 Å². The number of nitrogens with one attached hydrogen (secondary N) is 1. The van der Waals surface area contributed by atoms with Gasteiger partial charge < -0.3 is 19.3 Å². The van der Waals surface area contributed by atoms with E-state index in [1.807, 2.05) is 30.3 Å². The van der Waals surface area contributed by atoms with Gasteiger partial charge in [0.2, 0.25) is 6.79 Å². The van der Waals surface area contributed by atoms with Crippen LogP contribution in [0.25, 0.3) is 0 Å². The van der Waals surface area contributed by atoms with Crippen molar-refractivity contribution in [1.82, 2.24) is 5.32 Å². The summed E-state index contributed by atoms with van der Waals surface area (Å²) >= 11 is 0. The molecule has 6 nitrogen and oxygen atoms in total. The van der Waals surface area contributed by atoms with Crippen molar-refractivity contribution >= 4 is 5.97 Å². The molecule has 0 aliphatic carbocycles. The maximum atomic E-state index is 12.3. The maximum Gasteiger partial charge on any atom is 0.327 e. The second kappa shape index (κ2) is 7.33. The lowest BCUT2D eigenvalue weighted by Gasteiger charge is -2.23. The summed E-state index contributed by atoms with van der Waals surface area (Å²) < 4.78 is 15.6. The van der Waals surface area contributed by atoms with Crippen molar-refractivity contribution in [3.63, 3.8) is 0 Å². The quantitative estimate of drug-likeness (QED) is 0.789. The highest BCUT2D eigenvalue weighted by Crippen LogP contribution is 2.35. The smallest absolute Gasteiger partial charge is 0.327 e. The molecule has 0 saturated heterocycles. The van der Waals surface area contributed by atoms with Crippen LogP contribution in [0.15, 0.2) is 48.5 Å². The summed E-state index contributed by atoms with van der Waals surface area (Å²) in [6.07, 6.45) is 0. The second-order valence-electron chi connectivity index (χ2n) is 5.38. The van der Waals surface area contributed by atoms with Crippen LogP contribution in [0.3, 0.4) is 0 Å². The molecule has 1 aliphatic heterocycles. The van der Waals surface area contributed by atoms with Crippen LogP contribution in [0.5, 0.6) is 11.5 Å². The van der Waals surface area contributed by atoms with Gasteiger partial charge in [-0.25, -0.2) is 4.79 Å². The highest BCUT2D eigenvalue weighted by atomic mass is 16.7. The minimum Gasteiger partial charge on any atom is -0.468 e. The van der Waals surface area contributed by atoms with Crippen LogP contribution >= 0.6 is 0 Å². The van der Waals surface area contributed by atoms with Gasteiger partial charge in [0.25, 0.3) is 0 Å². The molecule has 126 valence electrons. The molecule has 0 amide bonds. The van der Waals surface area contributed by atoms with Gasteiger partial charge in [-0.3, -0.25) is 5.32 Å². The van der Waals surface area contributed by atoms with Crippen molar-refractivity contribution in [3.8, 4) is 11.5 Å². The molecule has 2 N–H and O–H groups in total. The second-order valence-corrected chi connectivity index (χ2v) is 5.38. The first-order valence-corrected chi connectivity index (χ1v) is 7.62. The van der Waals surface area contributed by atoms with Gasteiger partial charge in [0.15, 0.2) is 11.5 Å². The molecule has 1 aliphatic rings. The van der Waals surface area contributed by atoms with Crippen LogP contribution in [-0.4, -0.2) is 31.6 Å². The summed E-state index contributed by atoms with van der Waals surface area (Å²) in [5.41, 5.74) is 1.56. The van der Waals surface area contributed by atoms with E-state index in [1.54, 1.807) is 18.2 Å². The number of carbonyl (C=O) groups excluding carboxylic acids is 1. The lowest BCUT2D eigenvalue weighted by molar-refractivity contribution is -0.143. The number of aliphatic hydroxyl groups excluding tert-OH is 1. The van der Waals surface area contributed by atoms with Crippen molar-refractivity contribution < 1.29 is 24.1 Å². The van der Waals surface area contributed by atoms with Crippen LogP contribution in [0.1, 0.15) is 23.2 Å². The Morgan fingerprint density at radius 3 is 2.62 bits per heavy atom. The Kier molecular flexibility index (Phi) is 4.98. The minimum atomic E-state index is -0.734. The molecular formula is C18H19NO5. The standard InChI is InChI=1S/C18H19NO5/c1-22-18(21)17(13-7-8-15-16(9-13)24-11-23-15)19-14(10-20)12-5-3-2-4-6-12/h2-9,14,17,19-20H,10-11H2,1H3. The lowest BCUT2D eigenvalue weighted by Crippen LogP contribution is -2.34. The number of hydrogen-bond donors (Lipinski definition) is 2. The van der Waals surface area contributed by atoms with Gasteiger partial charge in [-0.1, -0.05) is 36.4 Å². The molecule has 0 fully saturated rings. The third kappa shape index (κ3) is 3.34. The number of fused-ring (bicyclic) bond motifs is 1. The molecule has 0 spiro atoms. The molecule has 6 heteroatoms. The van der Waals surface area contributed by atoms with Gasteiger partial charge in [0.05, 0.1) is 19.8 Å². The first-order valence-electron chi connectivity index (χ1n) is 7.62. The fourth-order valence-corrected chi connectivity index (χ4v) is 2.65. The predicted molar refractivity (Wildman–Crippen MR) is 86.7 cm³/mol. The van der Waals surface area contributed by atoms with Gasteiger partial charge in [-0.05, 0) is 23.3 Å². The molecule has 0 aromatic heterocycles. The van der Waals surface area contributed by atoms with Crippen LogP contribution < -0.4 is 14.8 Å². The summed E-state index contributed by atoms with van der Waals surface area (Å²) in [5.74, 6) is 0.788. The molecule has 0 bridgehead atoms. The van der Waals surface area contributed by atoms with Gasteiger partial charge >= 0.3 is 5.97 Å². The van der Waals surface area contributed by atoms with Crippen molar-refractivity contribution in [3.05, 3.63) is 59.7 Å². The highest BCUT2D eigenvalue weighted by molar-refractivity contribution is 5.78. The zero-order valence-corrected chi connectivity index (χ0v) is 13.3. The predicted octanol–water partition coefficient (Wildman–Crippen LogP) is 1.95. The Hall–Kier alpha value is -2.57. The fraction of sp³-hybridized carbons (Fsp3) is 0.278. The number of ether oxygens (including phenoxy) is 3. The summed E-state index contributed by atoms with van der Waals surface area (Å²) in [6.45, 7) is 0.0143. The van der Waals surface area contributed by atoms with E-state index < -0.39 is 18.1 Å². The Bertz CT molecular complexity index is 704. The minimum absolute atomic E-state index is 0.151. The van der Waals surface area contributed by atoms with E-state index in [-0.39, 0.29) is 13.4 Å². The van der Waals surface area contributed by atoms with Crippen molar-refractivity contribution in [2.24, 2.45) is 0 Å². The van der Waals surface area contributed by atoms with Crippen LogP contribution in [0, 0.1) is 0 Å². The average Bonchev–Trinajstić information content (AvgIpc) is 3.10. The molecule has 2 aromatic rings. The fourth-order valence-electron chi connectivity index (χ4n) is 2.65. The Morgan fingerprint density at radius 1 is 1.17 bits per heavy atom. The molecular weight excluding hydrogens is 310 g/mol. The Labute approximate surface area is 140 Å². The number of methoxy groups -OCH3 is 1. The van der Waals surface area contributed by atoms with E-state index in [0.29, 0.717) is 17.1 Å². The summed E-state index contributed by atoms with van der Waals surface area (Å²) in [4.78, 5) is 12.3. The first-order chi connectivity index (χ1) is 11.7. The monoisotopic (exact) mass is 329 g/mol. The molecule has 2 atom stereocenters. The number of hydrogen-bond acceptors (Lipinski definition) is 6. The number of carbonyl (C=O) groups is 1. The van der Waals surface area contributed by atoms with Crippen molar-refractivity contribution in [2.75, 3.05) is 20.5 Å². The van der Waals surface area contributed by atoms with Gasteiger partial charge in [0, 0.05) is 0 Å². The molecule has 1 heterocycles. The Balaban J connectivity index is 1.88. The van der Waals surface area contributed by atoms with Gasteiger partial charge in [-0.2, -0.15) is 0 Å². The molecule has 24 heavy (non-hydrogen) atoms. The topological polar surface area (TPSA) is 77.0 Å². The largest absolute Gasteiger partial charge is 0.468 e. The van der Waals surface area contributed by atoms with E-state index in [0.717, 1.165) is 5.56 Å². The summed E-state index contributed by atoms with van der Waals surface area (Å²) in [5, 5.41) is 12.9. The third-order valence-electron chi connectivity index (χ3n) is 3.92. The molecule has 2 unspecified atom stereocenters. The maximum absolute atomic E-state index is 12.3. The average molecular weight is 329 g/mol. The summed E-state index contributed by atoms with van der Waals surface area (Å²) in [6, 6.07) is 13.6. The van der Waals surface area contributed by atoms with Crippen LogP contribution in [0.2, 0.25) is 0 Å². The normalized spacial score (nSPS) is 14.9. The molecule has 2 aromatic carbocycles. The van der Waals surface area contributed by atoms with E-state index in [1.165, 1.54) is 7.11 Å². The first kappa shape index (κ1) is 16.3. The van der Waals surface area contributed by atoms with Gasteiger partial charge in [-0.15, -0.1) is 0 Å². The third-order valence-corrected chi connectivity index (χ3v) is 3.92.